The number of hydrogen-bond donors (Lipinski definition) is 1. The minimum absolute atomic E-state index is 0.0355. The third kappa shape index (κ3) is 1.06. The van der Waals surface area contributed by atoms with E-state index >= 15 is 0 Å². The summed E-state index contributed by atoms with van der Waals surface area (Å²) < 4.78 is 1.72. The molecular formula is C8H10N4. The highest BCUT2D eigenvalue weighted by molar-refractivity contribution is 5.38. The first-order valence-electron chi connectivity index (χ1n) is 3.83. The third-order valence-corrected chi connectivity index (χ3v) is 1.72. The van der Waals surface area contributed by atoms with Gasteiger partial charge in [-0.05, 0) is 13.0 Å². The number of hydrogen-bond acceptors (Lipinski definition) is 3. The summed E-state index contributed by atoms with van der Waals surface area (Å²) in [6, 6.07) is 3.70. The van der Waals surface area contributed by atoms with Crippen LogP contribution < -0.4 is 5.73 Å². The van der Waals surface area contributed by atoms with E-state index in [9.17, 15) is 0 Å². The molecule has 0 radical (unpaired) electrons. The Balaban J connectivity index is 2.62. The number of rotatable bonds is 1. The summed E-state index contributed by atoms with van der Waals surface area (Å²) in [7, 11) is 0. The second-order valence-corrected chi connectivity index (χ2v) is 2.78. The molecule has 0 saturated heterocycles. The van der Waals surface area contributed by atoms with E-state index in [2.05, 4.69) is 10.1 Å². The lowest BCUT2D eigenvalue weighted by atomic mass is 10.3. The highest BCUT2D eigenvalue weighted by Gasteiger charge is 2.04. The van der Waals surface area contributed by atoms with E-state index in [0.29, 0.717) is 0 Å². The fraction of sp³-hybridized carbons (Fsp3) is 0.250. The second-order valence-electron chi connectivity index (χ2n) is 2.78. The molecule has 62 valence electrons. The lowest BCUT2D eigenvalue weighted by molar-refractivity contribution is 0.755. The number of fused-ring (bicyclic) bond motifs is 1. The van der Waals surface area contributed by atoms with Crippen molar-refractivity contribution in [3.05, 3.63) is 30.2 Å². The zero-order valence-electron chi connectivity index (χ0n) is 6.81. The van der Waals surface area contributed by atoms with Gasteiger partial charge in [-0.2, -0.15) is 5.10 Å². The molecule has 0 aromatic carbocycles. The molecule has 2 aromatic rings. The molecule has 2 rings (SSSR count). The monoisotopic (exact) mass is 162 g/mol. The molecule has 0 aliphatic carbocycles. The minimum atomic E-state index is -0.0355. The van der Waals surface area contributed by atoms with Gasteiger partial charge in [-0.25, -0.2) is 9.50 Å². The average molecular weight is 162 g/mol. The zero-order valence-corrected chi connectivity index (χ0v) is 6.81. The van der Waals surface area contributed by atoms with Crippen molar-refractivity contribution >= 4 is 5.65 Å². The van der Waals surface area contributed by atoms with Crippen LogP contribution in [0.25, 0.3) is 5.65 Å². The van der Waals surface area contributed by atoms with Crippen LogP contribution in [0.4, 0.5) is 0 Å². The summed E-state index contributed by atoms with van der Waals surface area (Å²) in [4.78, 5) is 4.13. The Morgan fingerprint density at radius 2 is 2.42 bits per heavy atom. The first-order chi connectivity index (χ1) is 5.77. The van der Waals surface area contributed by atoms with Crippen molar-refractivity contribution < 1.29 is 0 Å². The molecule has 4 nitrogen and oxygen atoms in total. The summed E-state index contributed by atoms with van der Waals surface area (Å²) in [5, 5.41) is 4.24. The highest BCUT2D eigenvalue weighted by Crippen LogP contribution is 2.08. The lowest BCUT2D eigenvalue weighted by Crippen LogP contribution is -2.05. The van der Waals surface area contributed by atoms with E-state index in [4.69, 9.17) is 5.73 Å². The van der Waals surface area contributed by atoms with Crippen molar-refractivity contribution in [2.75, 3.05) is 0 Å². The third-order valence-electron chi connectivity index (χ3n) is 1.72. The van der Waals surface area contributed by atoms with Crippen molar-refractivity contribution in [2.45, 2.75) is 13.0 Å². The van der Waals surface area contributed by atoms with Gasteiger partial charge in [0.1, 0.15) is 0 Å². The van der Waals surface area contributed by atoms with Crippen molar-refractivity contribution in [3.8, 4) is 0 Å². The standard InChI is InChI=1S/C8H10N4/c1-6(9)7-5-8-10-3-2-4-12(8)11-7/h2-6H,9H2,1H3. The summed E-state index contributed by atoms with van der Waals surface area (Å²) in [6.45, 7) is 1.90. The summed E-state index contributed by atoms with van der Waals surface area (Å²) in [5.41, 5.74) is 7.38. The van der Waals surface area contributed by atoms with Crippen LogP contribution >= 0.6 is 0 Å². The normalized spacial score (nSPS) is 13.5. The van der Waals surface area contributed by atoms with Crippen LogP contribution in [0, 0.1) is 0 Å². The highest BCUT2D eigenvalue weighted by atomic mass is 15.2. The van der Waals surface area contributed by atoms with Gasteiger partial charge in [-0.15, -0.1) is 0 Å². The molecule has 0 spiro atoms. The number of nitrogens with zero attached hydrogens (tertiary/aromatic N) is 3. The van der Waals surface area contributed by atoms with E-state index in [1.54, 1.807) is 10.7 Å². The summed E-state index contributed by atoms with van der Waals surface area (Å²) in [6.07, 6.45) is 3.59. The number of nitrogens with two attached hydrogens (primary N) is 1. The molecule has 1 unspecified atom stereocenters. The molecule has 2 heterocycles. The summed E-state index contributed by atoms with van der Waals surface area (Å²) in [5.74, 6) is 0. The summed E-state index contributed by atoms with van der Waals surface area (Å²) >= 11 is 0. The average Bonchev–Trinajstić information content (AvgIpc) is 2.46. The van der Waals surface area contributed by atoms with Gasteiger partial charge >= 0.3 is 0 Å². The molecule has 0 fully saturated rings. The smallest absolute Gasteiger partial charge is 0.155 e. The maximum atomic E-state index is 5.67. The lowest BCUT2D eigenvalue weighted by Gasteiger charge is -1.95. The van der Waals surface area contributed by atoms with E-state index < -0.39 is 0 Å². The molecular weight excluding hydrogens is 152 g/mol. The Morgan fingerprint density at radius 3 is 3.08 bits per heavy atom. The molecule has 0 saturated carbocycles. The molecule has 0 aliphatic rings. The van der Waals surface area contributed by atoms with Gasteiger partial charge in [0.25, 0.3) is 0 Å². The SMILES string of the molecule is CC(N)c1cc2ncccn2n1. The van der Waals surface area contributed by atoms with E-state index in [1.165, 1.54) is 0 Å². The number of aromatic nitrogens is 3. The Bertz CT molecular complexity index is 358. The van der Waals surface area contributed by atoms with Crippen molar-refractivity contribution in [1.82, 2.24) is 14.6 Å². The topological polar surface area (TPSA) is 56.2 Å². The van der Waals surface area contributed by atoms with Gasteiger partial charge in [-0.1, -0.05) is 0 Å². The molecule has 0 bridgehead atoms. The van der Waals surface area contributed by atoms with Crippen LogP contribution in [0.15, 0.2) is 24.5 Å². The predicted octanol–water partition coefficient (Wildman–Crippen LogP) is 0.749. The fourth-order valence-corrected chi connectivity index (χ4v) is 1.07. The van der Waals surface area contributed by atoms with E-state index in [0.717, 1.165) is 11.3 Å². The molecule has 0 amide bonds. The molecule has 12 heavy (non-hydrogen) atoms. The van der Waals surface area contributed by atoms with Crippen molar-refractivity contribution in [3.63, 3.8) is 0 Å². The Labute approximate surface area is 70.0 Å². The second kappa shape index (κ2) is 2.57. The predicted molar refractivity (Wildman–Crippen MR) is 45.6 cm³/mol. The van der Waals surface area contributed by atoms with E-state index in [1.807, 2.05) is 25.3 Å². The maximum Gasteiger partial charge on any atom is 0.155 e. The van der Waals surface area contributed by atoms with Crippen LogP contribution in [-0.2, 0) is 0 Å². The van der Waals surface area contributed by atoms with Gasteiger partial charge in [-0.3, -0.25) is 0 Å². The Hall–Kier alpha value is -1.42. The first-order valence-corrected chi connectivity index (χ1v) is 3.83. The first kappa shape index (κ1) is 7.24. The van der Waals surface area contributed by atoms with Crippen LogP contribution in [0.2, 0.25) is 0 Å². The van der Waals surface area contributed by atoms with Gasteiger partial charge in [0.2, 0.25) is 0 Å². The quantitative estimate of drug-likeness (QED) is 0.673. The van der Waals surface area contributed by atoms with Gasteiger partial charge in [0.05, 0.1) is 5.69 Å². The van der Waals surface area contributed by atoms with Crippen molar-refractivity contribution in [1.29, 1.82) is 0 Å². The molecule has 0 aliphatic heterocycles. The van der Waals surface area contributed by atoms with Gasteiger partial charge in [0, 0.05) is 24.5 Å². The molecule has 2 N–H and O–H groups in total. The van der Waals surface area contributed by atoms with Gasteiger partial charge < -0.3 is 5.73 Å². The van der Waals surface area contributed by atoms with Crippen LogP contribution in [0.3, 0.4) is 0 Å². The molecule has 1 atom stereocenters. The van der Waals surface area contributed by atoms with Gasteiger partial charge in [0.15, 0.2) is 5.65 Å². The van der Waals surface area contributed by atoms with E-state index in [-0.39, 0.29) is 6.04 Å². The molecule has 4 heteroatoms. The van der Waals surface area contributed by atoms with Crippen molar-refractivity contribution in [2.24, 2.45) is 5.73 Å². The van der Waals surface area contributed by atoms with Crippen LogP contribution in [0.1, 0.15) is 18.7 Å². The fourth-order valence-electron chi connectivity index (χ4n) is 1.07. The van der Waals surface area contributed by atoms with Crippen LogP contribution in [-0.4, -0.2) is 14.6 Å². The Kier molecular flexibility index (Phi) is 1.55. The zero-order chi connectivity index (χ0) is 8.55. The van der Waals surface area contributed by atoms with Crippen LogP contribution in [0.5, 0.6) is 0 Å². The largest absolute Gasteiger partial charge is 0.323 e. The minimum Gasteiger partial charge on any atom is -0.323 e. The Morgan fingerprint density at radius 1 is 1.58 bits per heavy atom. The maximum absolute atomic E-state index is 5.67. The molecule has 2 aromatic heterocycles.